The van der Waals surface area contributed by atoms with Crippen LogP contribution < -0.4 is 16.0 Å². The van der Waals surface area contributed by atoms with E-state index in [4.69, 9.17) is 4.74 Å². The highest BCUT2D eigenvalue weighted by Crippen LogP contribution is 2.17. The van der Waals surface area contributed by atoms with Crippen LogP contribution in [0.25, 0.3) is 0 Å². The van der Waals surface area contributed by atoms with Gasteiger partial charge in [-0.3, -0.25) is 9.59 Å². The fourth-order valence-corrected chi connectivity index (χ4v) is 2.58. The normalized spacial score (nSPS) is 10.7. The number of rotatable bonds is 5. The summed E-state index contributed by atoms with van der Waals surface area (Å²) in [4.78, 5) is 35.9. The molecule has 0 aliphatic rings. The largest absolute Gasteiger partial charge is 0.444 e. The molecule has 2 rings (SSSR count). The van der Waals surface area contributed by atoms with Crippen molar-refractivity contribution in [3.63, 3.8) is 0 Å². The molecule has 0 saturated heterocycles. The molecule has 3 N–H and O–H groups in total. The average molecular weight is 448 g/mol. The zero-order valence-corrected chi connectivity index (χ0v) is 17.4. The van der Waals surface area contributed by atoms with Crippen molar-refractivity contribution >= 4 is 45.2 Å². The Bertz CT molecular complexity index is 878. The van der Waals surface area contributed by atoms with Crippen molar-refractivity contribution in [3.8, 4) is 0 Å². The summed E-state index contributed by atoms with van der Waals surface area (Å²) in [5.74, 6) is -0.683. The molecule has 0 aliphatic heterocycles. The maximum absolute atomic E-state index is 12.3. The molecule has 3 amide bonds. The quantitative estimate of drug-likeness (QED) is 0.640. The summed E-state index contributed by atoms with van der Waals surface area (Å²) < 4.78 is 5.88. The molecule has 0 radical (unpaired) electrons. The van der Waals surface area contributed by atoms with Gasteiger partial charge < -0.3 is 20.7 Å². The molecule has 0 fully saturated rings. The monoisotopic (exact) mass is 447 g/mol. The molecule has 0 aromatic heterocycles. The second-order valence-corrected chi connectivity index (χ2v) is 7.86. The lowest BCUT2D eigenvalue weighted by atomic mass is 10.2. The third kappa shape index (κ3) is 7.40. The van der Waals surface area contributed by atoms with Crippen LogP contribution >= 0.6 is 15.9 Å². The van der Waals surface area contributed by atoms with E-state index < -0.39 is 17.6 Å². The molecular weight excluding hydrogens is 426 g/mol. The highest BCUT2D eigenvalue weighted by atomic mass is 79.9. The molecule has 0 spiro atoms. The van der Waals surface area contributed by atoms with E-state index >= 15 is 0 Å². The van der Waals surface area contributed by atoms with Gasteiger partial charge in [-0.1, -0.05) is 28.1 Å². The number of anilines is 2. The first-order valence-corrected chi connectivity index (χ1v) is 9.35. The van der Waals surface area contributed by atoms with Crippen LogP contribution in [0.15, 0.2) is 53.0 Å². The smallest absolute Gasteiger partial charge is 0.408 e. The Balaban J connectivity index is 1.91. The van der Waals surface area contributed by atoms with E-state index in [1.165, 1.54) is 0 Å². The highest BCUT2D eigenvalue weighted by molar-refractivity contribution is 9.10. The SMILES string of the molecule is CC(C)(C)OC(=O)NCC(=O)Nc1cccc(NC(=O)c2cccc(Br)c2)c1. The standard InChI is InChI=1S/C20H22BrN3O4/c1-20(2,3)28-19(27)22-12-17(25)23-15-8-5-9-16(11-15)24-18(26)13-6-4-7-14(21)10-13/h4-11H,12H2,1-3H3,(H,22,27)(H,23,25)(H,24,26). The average Bonchev–Trinajstić information content (AvgIpc) is 2.59. The van der Waals surface area contributed by atoms with Gasteiger partial charge in [-0.25, -0.2) is 4.79 Å². The maximum Gasteiger partial charge on any atom is 0.408 e. The number of amides is 3. The number of carbonyl (C=O) groups excluding carboxylic acids is 3. The molecule has 0 bridgehead atoms. The fourth-order valence-electron chi connectivity index (χ4n) is 2.18. The molecule has 28 heavy (non-hydrogen) atoms. The second kappa shape index (κ2) is 9.36. The van der Waals surface area contributed by atoms with Crippen molar-refractivity contribution in [2.75, 3.05) is 17.2 Å². The van der Waals surface area contributed by atoms with E-state index in [0.717, 1.165) is 4.47 Å². The molecule has 148 valence electrons. The molecule has 0 heterocycles. The minimum Gasteiger partial charge on any atom is -0.444 e. The van der Waals surface area contributed by atoms with Crippen LogP contribution in [0.1, 0.15) is 31.1 Å². The van der Waals surface area contributed by atoms with E-state index in [1.54, 1.807) is 63.2 Å². The minimum absolute atomic E-state index is 0.233. The number of benzene rings is 2. The Kier molecular flexibility index (Phi) is 7.17. The van der Waals surface area contributed by atoms with Gasteiger partial charge in [-0.2, -0.15) is 0 Å². The number of nitrogens with one attached hydrogen (secondary N) is 3. The van der Waals surface area contributed by atoms with Crippen LogP contribution in [0.5, 0.6) is 0 Å². The summed E-state index contributed by atoms with van der Waals surface area (Å²) in [6.45, 7) is 4.98. The van der Waals surface area contributed by atoms with Crippen LogP contribution in [0.2, 0.25) is 0 Å². The molecule has 0 unspecified atom stereocenters. The fraction of sp³-hybridized carbons (Fsp3) is 0.250. The zero-order valence-electron chi connectivity index (χ0n) is 15.8. The van der Waals surface area contributed by atoms with Gasteiger partial charge in [0.05, 0.1) is 0 Å². The minimum atomic E-state index is -0.669. The Labute approximate surface area is 172 Å². The summed E-state index contributed by atoms with van der Waals surface area (Å²) in [7, 11) is 0. The third-order valence-corrected chi connectivity index (χ3v) is 3.78. The lowest BCUT2D eigenvalue weighted by Crippen LogP contribution is -2.37. The number of ether oxygens (including phenoxy) is 1. The lowest BCUT2D eigenvalue weighted by molar-refractivity contribution is -0.115. The second-order valence-electron chi connectivity index (χ2n) is 6.95. The molecule has 7 nitrogen and oxygen atoms in total. The molecular formula is C20H22BrN3O4. The van der Waals surface area contributed by atoms with E-state index in [0.29, 0.717) is 16.9 Å². The van der Waals surface area contributed by atoms with Crippen LogP contribution in [0, 0.1) is 0 Å². The zero-order chi connectivity index (χ0) is 20.7. The molecule has 2 aromatic carbocycles. The number of halogens is 1. The number of hydrogen-bond donors (Lipinski definition) is 3. The summed E-state index contributed by atoms with van der Waals surface area (Å²) in [6, 6.07) is 13.7. The maximum atomic E-state index is 12.3. The van der Waals surface area contributed by atoms with Gasteiger partial charge >= 0.3 is 6.09 Å². The van der Waals surface area contributed by atoms with Crippen molar-refractivity contribution in [1.82, 2.24) is 5.32 Å². The van der Waals surface area contributed by atoms with Crippen molar-refractivity contribution in [2.24, 2.45) is 0 Å². The molecule has 8 heteroatoms. The predicted molar refractivity (Wildman–Crippen MR) is 111 cm³/mol. The van der Waals surface area contributed by atoms with Crippen LogP contribution in [-0.4, -0.2) is 30.1 Å². The number of alkyl carbamates (subject to hydrolysis) is 1. The van der Waals surface area contributed by atoms with Gasteiger partial charge in [0.25, 0.3) is 5.91 Å². The van der Waals surface area contributed by atoms with E-state index in [9.17, 15) is 14.4 Å². The Morgan fingerprint density at radius 3 is 2.25 bits per heavy atom. The van der Waals surface area contributed by atoms with E-state index in [2.05, 4.69) is 31.9 Å². The molecule has 0 atom stereocenters. The van der Waals surface area contributed by atoms with Gasteiger partial charge in [0.2, 0.25) is 5.91 Å². The Morgan fingerprint density at radius 2 is 1.61 bits per heavy atom. The van der Waals surface area contributed by atoms with Crippen molar-refractivity contribution in [2.45, 2.75) is 26.4 Å². The van der Waals surface area contributed by atoms with Crippen molar-refractivity contribution < 1.29 is 19.1 Å². The third-order valence-electron chi connectivity index (χ3n) is 3.28. The van der Waals surface area contributed by atoms with Gasteiger partial charge in [0, 0.05) is 21.4 Å². The summed E-state index contributed by atoms with van der Waals surface area (Å²) in [6.07, 6.45) is -0.669. The van der Waals surface area contributed by atoms with Gasteiger partial charge in [0.15, 0.2) is 0 Å². The van der Waals surface area contributed by atoms with Gasteiger partial charge in [-0.15, -0.1) is 0 Å². The first-order valence-electron chi connectivity index (χ1n) is 8.56. The lowest BCUT2D eigenvalue weighted by Gasteiger charge is -2.19. The van der Waals surface area contributed by atoms with E-state index in [-0.39, 0.29) is 12.5 Å². The topological polar surface area (TPSA) is 96.5 Å². The highest BCUT2D eigenvalue weighted by Gasteiger charge is 2.16. The molecule has 0 saturated carbocycles. The summed E-state index contributed by atoms with van der Waals surface area (Å²) >= 11 is 3.33. The molecule has 2 aromatic rings. The number of hydrogen-bond acceptors (Lipinski definition) is 4. The summed E-state index contributed by atoms with van der Waals surface area (Å²) in [5, 5.41) is 7.81. The first-order chi connectivity index (χ1) is 13.1. The first kappa shape index (κ1) is 21.4. The Morgan fingerprint density at radius 1 is 0.964 bits per heavy atom. The number of carbonyl (C=O) groups is 3. The van der Waals surface area contributed by atoms with Crippen LogP contribution in [-0.2, 0) is 9.53 Å². The van der Waals surface area contributed by atoms with Gasteiger partial charge in [-0.05, 0) is 57.2 Å². The van der Waals surface area contributed by atoms with E-state index in [1.807, 2.05) is 6.07 Å². The Hall–Kier alpha value is -2.87. The summed E-state index contributed by atoms with van der Waals surface area (Å²) in [5.41, 5.74) is 0.887. The van der Waals surface area contributed by atoms with Crippen LogP contribution in [0.3, 0.4) is 0 Å². The van der Waals surface area contributed by atoms with Crippen LogP contribution in [0.4, 0.5) is 16.2 Å². The predicted octanol–water partition coefficient (Wildman–Crippen LogP) is 4.16. The van der Waals surface area contributed by atoms with Gasteiger partial charge in [0.1, 0.15) is 12.1 Å². The van der Waals surface area contributed by atoms with Crippen molar-refractivity contribution in [1.29, 1.82) is 0 Å². The van der Waals surface area contributed by atoms with Crippen molar-refractivity contribution in [3.05, 3.63) is 58.6 Å². The molecule has 0 aliphatic carbocycles.